The summed E-state index contributed by atoms with van der Waals surface area (Å²) in [7, 11) is 3.08. The van der Waals surface area contributed by atoms with Crippen molar-refractivity contribution < 1.29 is 14.3 Å². The fourth-order valence-corrected chi connectivity index (χ4v) is 1.95. The van der Waals surface area contributed by atoms with Crippen LogP contribution in [0, 0.1) is 0 Å². The predicted molar refractivity (Wildman–Crippen MR) is 78.1 cm³/mol. The van der Waals surface area contributed by atoms with Crippen LogP contribution in [0.15, 0.2) is 24.3 Å². The largest absolute Gasteiger partial charge is 0.469 e. The zero-order valence-corrected chi connectivity index (χ0v) is 12.3. The minimum atomic E-state index is -0.192. The molecule has 20 heavy (non-hydrogen) atoms. The Bertz CT molecular complexity index is 410. The van der Waals surface area contributed by atoms with Crippen molar-refractivity contribution in [2.24, 2.45) is 5.73 Å². The van der Waals surface area contributed by atoms with E-state index in [1.165, 1.54) is 12.7 Å². The van der Waals surface area contributed by atoms with Gasteiger partial charge in [0.15, 0.2) is 0 Å². The molecule has 0 saturated carbocycles. The van der Waals surface area contributed by atoms with Crippen LogP contribution in [-0.4, -0.2) is 44.8 Å². The maximum Gasteiger partial charge on any atom is 0.306 e. The number of carbonyl (C=O) groups excluding carboxylic acids is 1. The highest BCUT2D eigenvalue weighted by Gasteiger charge is 2.09. The minimum absolute atomic E-state index is 0.192. The van der Waals surface area contributed by atoms with Gasteiger partial charge in [0.25, 0.3) is 0 Å². The van der Waals surface area contributed by atoms with Crippen LogP contribution < -0.4 is 5.73 Å². The smallest absolute Gasteiger partial charge is 0.306 e. The Hall–Kier alpha value is -1.43. The molecule has 0 aromatic heterocycles. The first-order valence-corrected chi connectivity index (χ1v) is 6.75. The lowest BCUT2D eigenvalue weighted by atomic mass is 10.1. The van der Waals surface area contributed by atoms with Crippen molar-refractivity contribution in [1.82, 2.24) is 4.90 Å². The highest BCUT2D eigenvalue weighted by atomic mass is 16.5. The maximum atomic E-state index is 11.2. The van der Waals surface area contributed by atoms with E-state index in [9.17, 15) is 4.79 Å². The van der Waals surface area contributed by atoms with Gasteiger partial charge in [-0.1, -0.05) is 24.3 Å². The van der Waals surface area contributed by atoms with Crippen LogP contribution in [0.3, 0.4) is 0 Å². The molecule has 0 fully saturated rings. The summed E-state index contributed by atoms with van der Waals surface area (Å²) in [5.74, 6) is -0.192. The van der Waals surface area contributed by atoms with Gasteiger partial charge in [-0.05, 0) is 11.1 Å². The van der Waals surface area contributed by atoms with Gasteiger partial charge in [-0.3, -0.25) is 9.69 Å². The van der Waals surface area contributed by atoms with Crippen molar-refractivity contribution in [2.75, 3.05) is 33.9 Å². The Morgan fingerprint density at radius 1 is 1.25 bits per heavy atom. The molecule has 0 aliphatic carbocycles. The van der Waals surface area contributed by atoms with Gasteiger partial charge in [0.2, 0.25) is 0 Å². The average Bonchev–Trinajstić information content (AvgIpc) is 2.49. The molecule has 0 aliphatic heterocycles. The monoisotopic (exact) mass is 280 g/mol. The molecule has 5 heteroatoms. The lowest BCUT2D eigenvalue weighted by Crippen LogP contribution is -2.29. The molecule has 0 bridgehead atoms. The van der Waals surface area contributed by atoms with Gasteiger partial charge >= 0.3 is 5.97 Å². The molecule has 0 spiro atoms. The number of nitrogens with zero attached hydrogens (tertiary/aromatic N) is 1. The molecule has 1 aromatic carbocycles. The van der Waals surface area contributed by atoms with E-state index in [2.05, 4.69) is 21.8 Å². The Balaban J connectivity index is 2.59. The zero-order chi connectivity index (χ0) is 14.8. The van der Waals surface area contributed by atoms with Gasteiger partial charge in [-0.25, -0.2) is 0 Å². The third kappa shape index (κ3) is 6.14. The first-order valence-electron chi connectivity index (χ1n) is 6.75. The molecule has 0 atom stereocenters. The van der Waals surface area contributed by atoms with Crippen molar-refractivity contribution in [2.45, 2.75) is 19.5 Å². The number of nitrogens with two attached hydrogens (primary N) is 1. The van der Waals surface area contributed by atoms with E-state index in [-0.39, 0.29) is 5.97 Å². The highest BCUT2D eigenvalue weighted by molar-refractivity contribution is 5.69. The number of methoxy groups -OCH3 is 2. The van der Waals surface area contributed by atoms with Crippen LogP contribution in [0.2, 0.25) is 0 Å². The lowest BCUT2D eigenvalue weighted by molar-refractivity contribution is -0.141. The van der Waals surface area contributed by atoms with Crippen LogP contribution >= 0.6 is 0 Å². The third-order valence-corrected chi connectivity index (χ3v) is 3.10. The Kier molecular flexibility index (Phi) is 7.87. The Morgan fingerprint density at radius 3 is 2.65 bits per heavy atom. The minimum Gasteiger partial charge on any atom is -0.469 e. The van der Waals surface area contributed by atoms with Crippen LogP contribution in [-0.2, 0) is 27.4 Å². The molecular weight excluding hydrogens is 256 g/mol. The second-order valence-corrected chi connectivity index (χ2v) is 4.62. The fourth-order valence-electron chi connectivity index (χ4n) is 1.95. The summed E-state index contributed by atoms with van der Waals surface area (Å²) in [6.07, 6.45) is 0.386. The second kappa shape index (κ2) is 9.47. The molecule has 0 radical (unpaired) electrons. The highest BCUT2D eigenvalue weighted by Crippen LogP contribution is 2.09. The van der Waals surface area contributed by atoms with Crippen molar-refractivity contribution >= 4 is 5.97 Å². The van der Waals surface area contributed by atoms with E-state index < -0.39 is 0 Å². The molecule has 5 nitrogen and oxygen atoms in total. The van der Waals surface area contributed by atoms with E-state index in [1.54, 1.807) is 7.11 Å². The molecular formula is C15H24N2O3. The van der Waals surface area contributed by atoms with Crippen molar-refractivity contribution in [3.63, 3.8) is 0 Å². The summed E-state index contributed by atoms with van der Waals surface area (Å²) in [4.78, 5) is 13.4. The Morgan fingerprint density at radius 2 is 2.00 bits per heavy atom. The predicted octanol–water partition coefficient (Wildman–Crippen LogP) is 1.16. The SMILES string of the molecule is COCCN(CCC(=O)OC)Cc1cccc(CN)c1. The van der Waals surface area contributed by atoms with Crippen LogP contribution in [0.4, 0.5) is 0 Å². The molecule has 112 valence electrons. The van der Waals surface area contributed by atoms with Crippen molar-refractivity contribution in [3.8, 4) is 0 Å². The summed E-state index contributed by atoms with van der Waals surface area (Å²) in [5, 5.41) is 0. The molecule has 0 heterocycles. The van der Waals surface area contributed by atoms with Gasteiger partial charge in [-0.2, -0.15) is 0 Å². The van der Waals surface area contributed by atoms with E-state index >= 15 is 0 Å². The van der Waals surface area contributed by atoms with E-state index in [1.807, 2.05) is 12.1 Å². The summed E-state index contributed by atoms with van der Waals surface area (Å²) < 4.78 is 9.79. The molecule has 1 aromatic rings. The zero-order valence-electron chi connectivity index (χ0n) is 12.3. The average molecular weight is 280 g/mol. The maximum absolute atomic E-state index is 11.2. The van der Waals surface area contributed by atoms with Crippen LogP contribution in [0.1, 0.15) is 17.5 Å². The number of hydrogen-bond donors (Lipinski definition) is 1. The van der Waals surface area contributed by atoms with Crippen molar-refractivity contribution in [1.29, 1.82) is 0 Å². The summed E-state index contributed by atoms with van der Waals surface area (Å²) in [6.45, 7) is 3.38. The molecule has 1 rings (SSSR count). The van der Waals surface area contributed by atoms with Gasteiger partial charge in [0.05, 0.1) is 20.1 Å². The summed E-state index contributed by atoms with van der Waals surface area (Å²) >= 11 is 0. The van der Waals surface area contributed by atoms with Gasteiger partial charge < -0.3 is 15.2 Å². The molecule has 0 aliphatic rings. The number of hydrogen-bond acceptors (Lipinski definition) is 5. The number of ether oxygens (including phenoxy) is 2. The number of esters is 1. The number of rotatable bonds is 9. The first kappa shape index (κ1) is 16.6. The summed E-state index contributed by atoms with van der Waals surface area (Å²) in [5.41, 5.74) is 7.95. The molecule has 0 saturated heterocycles. The van der Waals surface area contributed by atoms with E-state index in [0.717, 1.165) is 18.7 Å². The Labute approximate surface area is 120 Å². The fraction of sp³-hybridized carbons (Fsp3) is 0.533. The van der Waals surface area contributed by atoms with E-state index in [0.29, 0.717) is 26.1 Å². The van der Waals surface area contributed by atoms with Crippen LogP contribution in [0.25, 0.3) is 0 Å². The summed E-state index contributed by atoms with van der Waals surface area (Å²) in [6, 6.07) is 8.18. The molecule has 0 unspecified atom stereocenters. The molecule has 2 N–H and O–H groups in total. The van der Waals surface area contributed by atoms with Crippen LogP contribution in [0.5, 0.6) is 0 Å². The van der Waals surface area contributed by atoms with Gasteiger partial charge in [0, 0.05) is 33.3 Å². The standard InChI is InChI=1S/C15H24N2O3/c1-19-9-8-17(7-6-15(18)20-2)12-14-5-3-4-13(10-14)11-16/h3-5,10H,6-9,11-12,16H2,1-2H3. The van der Waals surface area contributed by atoms with Gasteiger partial charge in [0.1, 0.15) is 0 Å². The lowest BCUT2D eigenvalue weighted by Gasteiger charge is -2.21. The quantitative estimate of drug-likeness (QED) is 0.688. The van der Waals surface area contributed by atoms with Crippen molar-refractivity contribution in [3.05, 3.63) is 35.4 Å². The molecule has 0 amide bonds. The van der Waals surface area contributed by atoms with Gasteiger partial charge in [-0.15, -0.1) is 0 Å². The number of carbonyl (C=O) groups is 1. The van der Waals surface area contributed by atoms with E-state index in [4.69, 9.17) is 10.5 Å². The topological polar surface area (TPSA) is 64.8 Å². The normalized spacial score (nSPS) is 10.8. The first-order chi connectivity index (χ1) is 9.69. The number of benzene rings is 1. The third-order valence-electron chi connectivity index (χ3n) is 3.10. The second-order valence-electron chi connectivity index (χ2n) is 4.62.